The van der Waals surface area contributed by atoms with Crippen LogP contribution in [-0.4, -0.2) is 65.0 Å². The molecule has 4 amide bonds. The normalized spacial score (nSPS) is 14.6. The molecule has 0 bridgehead atoms. The lowest BCUT2D eigenvalue weighted by Crippen LogP contribution is -2.63. The van der Waals surface area contributed by atoms with Gasteiger partial charge in [-0.1, -0.05) is 104 Å². The van der Waals surface area contributed by atoms with Crippen molar-refractivity contribution in [1.29, 1.82) is 0 Å². The summed E-state index contributed by atoms with van der Waals surface area (Å²) in [5, 5.41) is 26.3. The molecule has 0 unspecified atom stereocenters. The van der Waals surface area contributed by atoms with E-state index in [-0.39, 0.29) is 45.2 Å². The first kappa shape index (κ1) is 47.8. The van der Waals surface area contributed by atoms with E-state index in [4.69, 9.17) is 24.7 Å². The van der Waals surface area contributed by atoms with E-state index in [9.17, 15) is 46.8 Å². The lowest BCUT2D eigenvalue weighted by molar-refractivity contribution is -0.366. The van der Waals surface area contributed by atoms with Crippen LogP contribution in [0.15, 0.2) is 84.9 Å². The second-order valence-corrected chi connectivity index (χ2v) is 15.6. The predicted molar refractivity (Wildman–Crippen MR) is 202 cm³/mol. The van der Waals surface area contributed by atoms with Gasteiger partial charge in [-0.25, -0.2) is 4.79 Å². The Bertz CT molecular complexity index is 1880. The number of aliphatic carboxylic acids is 2. The summed E-state index contributed by atoms with van der Waals surface area (Å²) in [6.07, 6.45) is -3.46. The first-order valence-corrected chi connectivity index (χ1v) is 20.1. The molecule has 1 aliphatic rings. The maximum atomic E-state index is 14.1. The Kier molecular flexibility index (Phi) is 18.2. The Morgan fingerprint density at radius 1 is 0.831 bits per heavy atom. The molecule has 3 aromatic carbocycles. The van der Waals surface area contributed by atoms with Crippen LogP contribution in [0.1, 0.15) is 73.2 Å². The van der Waals surface area contributed by atoms with E-state index in [0.29, 0.717) is 24.0 Å². The van der Waals surface area contributed by atoms with Crippen molar-refractivity contribution in [3.8, 4) is 0 Å². The fraction of sp³-hybridized carbons (Fsp3) is 0.385. The number of carboxylic acid groups (broad SMARTS) is 2. The van der Waals surface area contributed by atoms with E-state index in [1.165, 1.54) is 0 Å². The number of halogens is 3. The Morgan fingerprint density at radius 2 is 1.34 bits per heavy atom. The largest absolute Gasteiger partial charge is 0.542 e. The number of rotatable bonds is 19. The molecule has 3 aromatic rings. The summed E-state index contributed by atoms with van der Waals surface area (Å²) < 4.78 is 57.5. The first-order chi connectivity index (χ1) is 27.9. The average molecular weight is 850 g/mol. The highest BCUT2D eigenvalue weighted by Gasteiger charge is 2.44. The summed E-state index contributed by atoms with van der Waals surface area (Å²) in [4.78, 5) is 72.5. The highest BCUT2D eigenvalue weighted by atomic mass is 31.2. The zero-order valence-electron chi connectivity index (χ0n) is 31.9. The van der Waals surface area contributed by atoms with Crippen molar-refractivity contribution in [2.45, 2.75) is 88.1 Å². The third kappa shape index (κ3) is 15.9. The van der Waals surface area contributed by atoms with Gasteiger partial charge >= 0.3 is 19.7 Å². The van der Waals surface area contributed by atoms with Crippen LogP contribution < -0.4 is 32.5 Å². The molecule has 0 aromatic heterocycles. The Labute approximate surface area is 337 Å². The van der Waals surface area contributed by atoms with Crippen molar-refractivity contribution < 1.29 is 71.5 Å². The minimum Gasteiger partial charge on any atom is -0.542 e. The zero-order valence-corrected chi connectivity index (χ0v) is 32.8. The van der Waals surface area contributed by atoms with Gasteiger partial charge < -0.3 is 51.5 Å². The summed E-state index contributed by atoms with van der Waals surface area (Å²) in [6, 6.07) is 22.3. The van der Waals surface area contributed by atoms with Crippen LogP contribution in [0.25, 0.3) is 0 Å². The Morgan fingerprint density at radius 3 is 1.78 bits per heavy atom. The van der Waals surface area contributed by atoms with E-state index in [1.807, 2.05) is 60.7 Å². The number of nitrogens with two attached hydrogens (primary N) is 1. The molecule has 16 nitrogen and oxygen atoms in total. The van der Waals surface area contributed by atoms with E-state index < -0.39 is 73.4 Å². The lowest BCUT2D eigenvalue weighted by Gasteiger charge is -2.38. The predicted octanol–water partition coefficient (Wildman–Crippen LogP) is 2.17. The maximum absolute atomic E-state index is 14.1. The molecule has 2 atom stereocenters. The topological polar surface area (TPSA) is 271 Å². The van der Waals surface area contributed by atoms with Crippen molar-refractivity contribution in [1.82, 2.24) is 16.0 Å². The highest BCUT2D eigenvalue weighted by molar-refractivity contribution is 7.52. The number of hydrogen-bond donors (Lipinski definition) is 6. The number of amides is 4. The highest BCUT2D eigenvalue weighted by Crippen LogP contribution is 2.53. The van der Waals surface area contributed by atoms with Gasteiger partial charge in [0.15, 0.2) is 0 Å². The molecule has 0 saturated heterocycles. The van der Waals surface area contributed by atoms with Gasteiger partial charge in [-0.15, -0.1) is 0 Å². The van der Waals surface area contributed by atoms with Crippen molar-refractivity contribution in [2.24, 2.45) is 5.73 Å². The van der Waals surface area contributed by atoms with Crippen LogP contribution >= 0.6 is 7.60 Å². The molecule has 0 radical (unpaired) electrons. The molecule has 4 rings (SSSR count). The molecule has 1 aliphatic carbocycles. The Hall–Kier alpha value is -5.62. The molecular weight excluding hydrogens is 802 g/mol. The van der Waals surface area contributed by atoms with Crippen LogP contribution in [0.5, 0.6) is 0 Å². The fourth-order valence-electron chi connectivity index (χ4n) is 5.93. The SMILES string of the molecule is NC(=O)C[C@H](NC(=O)C1(NC(=O)[C@H](NC(=O)CC[NH3+])c2ccc(CP(=O)(OCc3ccccc3)OCc3ccccc3)cc2)CCCCC1)C(=O)O.O=C([O-])C(F)(F)F. The smallest absolute Gasteiger partial charge is 0.430 e. The van der Waals surface area contributed by atoms with Crippen LogP contribution in [0, 0.1) is 0 Å². The van der Waals surface area contributed by atoms with Crippen molar-refractivity contribution in [3.05, 3.63) is 107 Å². The number of primary amides is 1. The van der Waals surface area contributed by atoms with Crippen LogP contribution in [0.4, 0.5) is 13.2 Å². The number of carbonyl (C=O) groups is 6. The van der Waals surface area contributed by atoms with Crippen LogP contribution in [0.3, 0.4) is 0 Å². The fourth-order valence-corrected chi connectivity index (χ4v) is 7.53. The number of nitrogens with one attached hydrogen (secondary N) is 3. The zero-order chi connectivity index (χ0) is 43.6. The molecular formula is C39H47F3N5O11P. The van der Waals surface area contributed by atoms with Gasteiger partial charge in [-0.3, -0.25) is 23.7 Å². The molecule has 1 saturated carbocycles. The molecule has 0 heterocycles. The number of carboxylic acids is 2. The summed E-state index contributed by atoms with van der Waals surface area (Å²) in [5.41, 5.74) is 10.0. The van der Waals surface area contributed by atoms with Gasteiger partial charge in [-0.05, 0) is 35.1 Å². The molecule has 9 N–H and O–H groups in total. The van der Waals surface area contributed by atoms with Crippen molar-refractivity contribution >= 4 is 43.2 Å². The van der Waals surface area contributed by atoms with Crippen LogP contribution in [-0.2, 0) is 61.8 Å². The number of carbonyl (C=O) groups excluding carboxylic acids is 5. The average Bonchev–Trinajstić information content (AvgIpc) is 3.19. The molecule has 320 valence electrons. The number of benzene rings is 3. The number of quaternary nitrogens is 1. The third-order valence-corrected chi connectivity index (χ3v) is 10.7. The molecule has 0 spiro atoms. The lowest BCUT2D eigenvalue weighted by atomic mass is 9.80. The van der Waals surface area contributed by atoms with Gasteiger partial charge in [0.1, 0.15) is 23.6 Å². The van der Waals surface area contributed by atoms with E-state index in [2.05, 4.69) is 21.7 Å². The summed E-state index contributed by atoms with van der Waals surface area (Å²) in [6.45, 7) is 0.413. The number of alkyl halides is 3. The van der Waals surface area contributed by atoms with Crippen molar-refractivity contribution in [2.75, 3.05) is 6.54 Å². The van der Waals surface area contributed by atoms with Crippen LogP contribution in [0.2, 0.25) is 0 Å². The molecule has 0 aliphatic heterocycles. The van der Waals surface area contributed by atoms with Gasteiger partial charge in [0.05, 0.1) is 38.8 Å². The summed E-state index contributed by atoms with van der Waals surface area (Å²) >= 11 is 0. The standard InChI is InChI=1S/C37H46N5O9P.C2HF3O2/c38-21-18-32(44)41-33(34(45)42-37(19-8-3-9-20-37)36(48)40-30(35(46)47)22-31(39)43)29-16-14-28(15-17-29)25-52(49,50-23-26-10-4-1-5-11-26)51-24-27-12-6-2-7-13-27;3-2(4,5)1(6)7/h1-2,4-7,10-17,30,33H,3,8-9,18-25,38H2,(H2,39,43)(H,40,48)(H,41,44)(H,42,45)(H,46,47);(H,6,7)/t30-,33+;/m0./s1. The van der Waals surface area contributed by atoms with Gasteiger partial charge in [-0.2, -0.15) is 13.2 Å². The summed E-state index contributed by atoms with van der Waals surface area (Å²) in [7, 11) is -3.71. The minimum atomic E-state index is -5.19. The van der Waals surface area contributed by atoms with Gasteiger partial charge in [0, 0.05) is 0 Å². The first-order valence-electron chi connectivity index (χ1n) is 18.4. The molecule has 20 heteroatoms. The third-order valence-electron chi connectivity index (χ3n) is 8.95. The van der Waals surface area contributed by atoms with E-state index in [0.717, 1.165) is 17.5 Å². The van der Waals surface area contributed by atoms with Gasteiger partial charge in [0.2, 0.25) is 23.6 Å². The molecule has 59 heavy (non-hydrogen) atoms. The number of hydrogen-bond acceptors (Lipinski definition) is 10. The maximum Gasteiger partial charge on any atom is 0.430 e. The van der Waals surface area contributed by atoms with E-state index >= 15 is 0 Å². The second-order valence-electron chi connectivity index (χ2n) is 13.6. The summed E-state index contributed by atoms with van der Waals surface area (Å²) in [5.74, 6) is -7.24. The monoisotopic (exact) mass is 849 g/mol. The molecule has 1 fully saturated rings. The van der Waals surface area contributed by atoms with Crippen molar-refractivity contribution in [3.63, 3.8) is 0 Å². The minimum absolute atomic E-state index is 0.0432. The van der Waals surface area contributed by atoms with E-state index in [1.54, 1.807) is 24.3 Å². The van der Waals surface area contributed by atoms with Gasteiger partial charge in [0.25, 0.3) is 0 Å². The Balaban J connectivity index is 0.00000122. The quantitative estimate of drug-likeness (QED) is 0.0952. The second kappa shape index (κ2) is 22.5.